The van der Waals surface area contributed by atoms with Gasteiger partial charge in [-0.2, -0.15) is 0 Å². The van der Waals surface area contributed by atoms with Gasteiger partial charge in [-0.05, 0) is 79.0 Å². The van der Waals surface area contributed by atoms with Crippen LogP contribution < -0.4 is 5.43 Å². The van der Waals surface area contributed by atoms with E-state index in [4.69, 9.17) is 0 Å². The summed E-state index contributed by atoms with van der Waals surface area (Å²) in [6.07, 6.45) is 10.8. The smallest absolute Gasteiger partial charge is 0.0236 e. The van der Waals surface area contributed by atoms with Gasteiger partial charge in [0.05, 0.1) is 0 Å². The lowest BCUT2D eigenvalue weighted by atomic mass is 9.63. The van der Waals surface area contributed by atoms with E-state index in [-0.39, 0.29) is 0 Å². The Morgan fingerprint density at radius 3 is 2.47 bits per heavy atom. The van der Waals surface area contributed by atoms with E-state index >= 15 is 0 Å². The molecule has 1 aliphatic carbocycles. The number of allylic oxidation sites excluding steroid dienone is 3. The van der Waals surface area contributed by atoms with Crippen LogP contribution in [0.2, 0.25) is 0 Å². The van der Waals surface area contributed by atoms with Gasteiger partial charge in [-0.25, -0.2) is 5.01 Å². The maximum atomic E-state index is 4.33. The number of aryl methyl sites for hydroxylation is 2. The first-order valence-electron chi connectivity index (χ1n) is 11.9. The summed E-state index contributed by atoms with van der Waals surface area (Å²) < 4.78 is 0. The molecule has 0 saturated heterocycles. The number of nitrogens with one attached hydrogen (secondary N) is 1. The summed E-state index contributed by atoms with van der Waals surface area (Å²) in [5.41, 5.74) is 12.3. The van der Waals surface area contributed by atoms with E-state index in [2.05, 4.69) is 71.8 Å². The van der Waals surface area contributed by atoms with Crippen LogP contribution in [0.5, 0.6) is 0 Å². The number of hydrazine groups is 1. The van der Waals surface area contributed by atoms with Gasteiger partial charge in [0.15, 0.2) is 0 Å². The van der Waals surface area contributed by atoms with Gasteiger partial charge in [0.1, 0.15) is 0 Å². The molecule has 0 fully saturated rings. The zero-order chi connectivity index (χ0) is 22.5. The molecular weight excluding hydrogens is 364 g/mol. The lowest BCUT2D eigenvalue weighted by molar-refractivity contribution is 0.191. The third kappa shape index (κ3) is 6.74. The average molecular weight is 411 g/mol. The zero-order valence-electron chi connectivity index (χ0n) is 21.0. The molecule has 0 saturated carbocycles. The molecule has 0 amide bonds. The van der Waals surface area contributed by atoms with Gasteiger partial charge in [0.25, 0.3) is 0 Å². The number of benzene rings is 1. The van der Waals surface area contributed by atoms with Gasteiger partial charge in [0, 0.05) is 26.2 Å². The lowest BCUT2D eigenvalue weighted by Crippen LogP contribution is -2.32. The SMILES string of the molecule is C=C(Cc1cc(CCCCC)cc(C)c1C1CC(C)=CCC1C(C)(C)C)NN(C)C. The minimum atomic E-state index is 0.296. The van der Waals surface area contributed by atoms with E-state index in [9.17, 15) is 0 Å². The lowest BCUT2D eigenvalue weighted by Gasteiger charge is -2.41. The Labute approximate surface area is 186 Å². The van der Waals surface area contributed by atoms with Crippen molar-refractivity contribution < 1.29 is 0 Å². The summed E-state index contributed by atoms with van der Waals surface area (Å²) in [6.45, 7) is 18.5. The summed E-state index contributed by atoms with van der Waals surface area (Å²) >= 11 is 0. The third-order valence-corrected chi connectivity index (χ3v) is 6.62. The Kier molecular flexibility index (Phi) is 8.79. The molecular formula is C28H46N2. The molecule has 0 aliphatic heterocycles. The first kappa shape index (κ1) is 24.7. The molecule has 0 radical (unpaired) electrons. The van der Waals surface area contributed by atoms with Crippen molar-refractivity contribution in [1.29, 1.82) is 0 Å². The maximum Gasteiger partial charge on any atom is 0.0236 e. The van der Waals surface area contributed by atoms with Gasteiger partial charge < -0.3 is 5.43 Å². The van der Waals surface area contributed by atoms with E-state index in [0.717, 1.165) is 12.1 Å². The van der Waals surface area contributed by atoms with Crippen molar-refractivity contribution in [2.24, 2.45) is 11.3 Å². The fourth-order valence-corrected chi connectivity index (χ4v) is 5.26. The van der Waals surface area contributed by atoms with Crippen LogP contribution in [0.25, 0.3) is 0 Å². The van der Waals surface area contributed by atoms with Crippen LogP contribution in [-0.2, 0) is 12.8 Å². The van der Waals surface area contributed by atoms with E-state index in [0.29, 0.717) is 17.3 Å². The van der Waals surface area contributed by atoms with Crippen molar-refractivity contribution in [2.75, 3.05) is 14.1 Å². The van der Waals surface area contributed by atoms with Crippen LogP contribution in [-0.4, -0.2) is 19.1 Å². The molecule has 0 bridgehead atoms. The van der Waals surface area contributed by atoms with Crippen LogP contribution in [0.1, 0.15) is 94.9 Å². The largest absolute Gasteiger partial charge is 0.324 e. The van der Waals surface area contributed by atoms with Gasteiger partial charge in [-0.3, -0.25) is 0 Å². The van der Waals surface area contributed by atoms with Gasteiger partial charge >= 0.3 is 0 Å². The van der Waals surface area contributed by atoms with Crippen molar-refractivity contribution >= 4 is 0 Å². The van der Waals surface area contributed by atoms with Gasteiger partial charge in [0.2, 0.25) is 0 Å². The standard InChI is InChI=1S/C28H46N2/c1-10-11-12-13-23-17-21(3)27(24(19-23)18-22(4)29-30(8)9)25-16-20(2)14-15-26(25)28(5,6)7/h14,17,19,25-26,29H,4,10-13,15-16,18H2,1-3,5-9H3. The van der Waals surface area contributed by atoms with E-state index in [1.165, 1.54) is 55.2 Å². The predicted molar refractivity (Wildman–Crippen MR) is 133 cm³/mol. The van der Waals surface area contributed by atoms with Crippen LogP contribution in [0, 0.1) is 18.3 Å². The first-order chi connectivity index (χ1) is 14.0. The molecule has 2 unspecified atom stereocenters. The number of unbranched alkanes of at least 4 members (excludes halogenated alkanes) is 2. The fourth-order valence-electron chi connectivity index (χ4n) is 5.26. The van der Waals surface area contributed by atoms with Gasteiger partial charge in [-0.15, -0.1) is 0 Å². The van der Waals surface area contributed by atoms with Crippen molar-refractivity contribution in [3.63, 3.8) is 0 Å². The van der Waals surface area contributed by atoms with Crippen LogP contribution >= 0.6 is 0 Å². The molecule has 1 aromatic rings. The topological polar surface area (TPSA) is 15.3 Å². The number of hydrogen-bond acceptors (Lipinski definition) is 2. The molecule has 2 rings (SSSR count). The van der Waals surface area contributed by atoms with E-state index in [1.807, 2.05) is 19.1 Å². The molecule has 0 heterocycles. The molecule has 2 atom stereocenters. The molecule has 2 nitrogen and oxygen atoms in total. The number of hydrogen-bond donors (Lipinski definition) is 1. The second-order valence-corrected chi connectivity index (χ2v) is 10.8. The zero-order valence-corrected chi connectivity index (χ0v) is 21.0. The van der Waals surface area contributed by atoms with Gasteiger partial charge in [-0.1, -0.05) is 70.9 Å². The highest BCUT2D eigenvalue weighted by Gasteiger charge is 2.36. The van der Waals surface area contributed by atoms with Crippen molar-refractivity contribution in [1.82, 2.24) is 10.4 Å². The Morgan fingerprint density at radius 2 is 1.87 bits per heavy atom. The monoisotopic (exact) mass is 410 g/mol. The van der Waals surface area contributed by atoms with Crippen molar-refractivity contribution in [2.45, 2.75) is 92.4 Å². The maximum absolute atomic E-state index is 4.33. The predicted octanol–water partition coefficient (Wildman–Crippen LogP) is 7.34. The van der Waals surface area contributed by atoms with Crippen LogP contribution in [0.15, 0.2) is 36.1 Å². The summed E-state index contributed by atoms with van der Waals surface area (Å²) in [6, 6.07) is 4.97. The highest BCUT2D eigenvalue weighted by Crippen LogP contribution is 2.48. The summed E-state index contributed by atoms with van der Waals surface area (Å²) in [5.74, 6) is 1.25. The molecule has 1 aromatic carbocycles. The minimum absolute atomic E-state index is 0.296. The highest BCUT2D eigenvalue weighted by molar-refractivity contribution is 5.44. The molecule has 30 heavy (non-hydrogen) atoms. The Bertz CT molecular complexity index is 749. The third-order valence-electron chi connectivity index (χ3n) is 6.62. The molecule has 168 valence electrons. The van der Waals surface area contributed by atoms with Crippen LogP contribution in [0.4, 0.5) is 0 Å². The molecule has 1 aliphatic rings. The molecule has 2 heteroatoms. The summed E-state index contributed by atoms with van der Waals surface area (Å²) in [7, 11) is 4.06. The van der Waals surface area contributed by atoms with E-state index < -0.39 is 0 Å². The number of rotatable bonds is 9. The minimum Gasteiger partial charge on any atom is -0.324 e. The van der Waals surface area contributed by atoms with Crippen molar-refractivity contribution in [3.8, 4) is 0 Å². The Morgan fingerprint density at radius 1 is 1.17 bits per heavy atom. The second kappa shape index (κ2) is 10.7. The normalized spacial score (nSPS) is 19.7. The Balaban J connectivity index is 2.49. The highest BCUT2D eigenvalue weighted by atomic mass is 15.5. The van der Waals surface area contributed by atoms with Crippen molar-refractivity contribution in [3.05, 3.63) is 58.3 Å². The molecule has 1 N–H and O–H groups in total. The number of nitrogens with zero attached hydrogens (tertiary/aromatic N) is 1. The van der Waals surface area contributed by atoms with E-state index in [1.54, 1.807) is 11.1 Å². The quantitative estimate of drug-likeness (QED) is 0.260. The summed E-state index contributed by atoms with van der Waals surface area (Å²) in [4.78, 5) is 0. The molecule has 0 spiro atoms. The van der Waals surface area contributed by atoms with Crippen LogP contribution in [0.3, 0.4) is 0 Å². The average Bonchev–Trinajstić information content (AvgIpc) is 2.59. The fraction of sp³-hybridized carbons (Fsp3) is 0.643. The Hall–Kier alpha value is -1.54. The first-order valence-corrected chi connectivity index (χ1v) is 11.9. The molecule has 0 aromatic heterocycles. The second-order valence-electron chi connectivity index (χ2n) is 10.8. The summed E-state index contributed by atoms with van der Waals surface area (Å²) in [5, 5.41) is 1.99.